The summed E-state index contributed by atoms with van der Waals surface area (Å²) >= 11 is 0. The standard InChI is InChI=1S/C17H23N/c1-4-16(10-8-9-15(2)3)13-14-18-17-11-6-5-7-12-17/h5-7,9,11-14H,4,8,10H2,1-3H3/b16-13+,18-14?. The maximum absolute atomic E-state index is 4.42. The van der Waals surface area contributed by atoms with Crippen molar-refractivity contribution >= 4 is 11.9 Å². The average Bonchev–Trinajstić information content (AvgIpc) is 2.38. The summed E-state index contributed by atoms with van der Waals surface area (Å²) in [6.07, 6.45) is 9.70. The number of benzene rings is 1. The van der Waals surface area contributed by atoms with Crippen molar-refractivity contribution in [3.63, 3.8) is 0 Å². The van der Waals surface area contributed by atoms with Crippen molar-refractivity contribution < 1.29 is 0 Å². The maximum atomic E-state index is 4.42. The molecule has 0 bridgehead atoms. The van der Waals surface area contributed by atoms with Crippen molar-refractivity contribution in [2.45, 2.75) is 40.0 Å². The minimum absolute atomic E-state index is 1.01. The molecule has 0 heterocycles. The Bertz CT molecular complexity index is 420. The van der Waals surface area contributed by atoms with E-state index < -0.39 is 0 Å². The summed E-state index contributed by atoms with van der Waals surface area (Å²) in [4.78, 5) is 4.42. The molecule has 1 aromatic carbocycles. The van der Waals surface area contributed by atoms with E-state index in [1.165, 1.54) is 11.1 Å². The summed E-state index contributed by atoms with van der Waals surface area (Å²) < 4.78 is 0. The Kier molecular flexibility index (Phi) is 6.78. The summed E-state index contributed by atoms with van der Waals surface area (Å²) in [6.45, 7) is 6.49. The van der Waals surface area contributed by atoms with Crippen LogP contribution >= 0.6 is 0 Å². The maximum Gasteiger partial charge on any atom is 0.0629 e. The van der Waals surface area contributed by atoms with Crippen LogP contribution in [-0.4, -0.2) is 6.21 Å². The Labute approximate surface area is 111 Å². The number of para-hydroxylation sites is 1. The Morgan fingerprint density at radius 3 is 2.50 bits per heavy atom. The van der Waals surface area contributed by atoms with Gasteiger partial charge >= 0.3 is 0 Å². The average molecular weight is 241 g/mol. The molecule has 0 spiro atoms. The normalized spacial score (nSPS) is 11.8. The van der Waals surface area contributed by atoms with Gasteiger partial charge in [0.15, 0.2) is 0 Å². The second-order valence-electron chi connectivity index (χ2n) is 4.61. The van der Waals surface area contributed by atoms with Gasteiger partial charge in [0.1, 0.15) is 0 Å². The predicted molar refractivity (Wildman–Crippen MR) is 81.6 cm³/mol. The van der Waals surface area contributed by atoms with Gasteiger partial charge in [-0.15, -0.1) is 0 Å². The second-order valence-corrected chi connectivity index (χ2v) is 4.61. The van der Waals surface area contributed by atoms with Crippen molar-refractivity contribution in [3.8, 4) is 0 Å². The van der Waals surface area contributed by atoms with E-state index in [9.17, 15) is 0 Å². The van der Waals surface area contributed by atoms with E-state index in [1.807, 2.05) is 36.5 Å². The quantitative estimate of drug-likeness (QED) is 0.462. The van der Waals surface area contributed by atoms with Crippen LogP contribution in [0.3, 0.4) is 0 Å². The summed E-state index contributed by atoms with van der Waals surface area (Å²) in [5.41, 5.74) is 3.85. The molecule has 0 saturated carbocycles. The largest absolute Gasteiger partial charge is 0.257 e. The van der Waals surface area contributed by atoms with E-state index in [0.717, 1.165) is 24.9 Å². The van der Waals surface area contributed by atoms with Gasteiger partial charge in [-0.1, -0.05) is 42.3 Å². The summed E-state index contributed by atoms with van der Waals surface area (Å²) in [5, 5.41) is 0. The van der Waals surface area contributed by atoms with Crippen molar-refractivity contribution in [1.82, 2.24) is 0 Å². The molecule has 1 nitrogen and oxygen atoms in total. The summed E-state index contributed by atoms with van der Waals surface area (Å²) in [7, 11) is 0. The highest BCUT2D eigenvalue weighted by Gasteiger charge is 1.92. The van der Waals surface area contributed by atoms with Crippen LogP contribution in [0.15, 0.2) is 58.6 Å². The molecule has 0 aliphatic heterocycles. The van der Waals surface area contributed by atoms with E-state index >= 15 is 0 Å². The zero-order chi connectivity index (χ0) is 13.2. The fourth-order valence-corrected chi connectivity index (χ4v) is 1.67. The first-order valence-corrected chi connectivity index (χ1v) is 6.63. The number of aliphatic imine (C=N–C) groups is 1. The first-order chi connectivity index (χ1) is 8.72. The number of hydrogen-bond acceptors (Lipinski definition) is 1. The Morgan fingerprint density at radius 1 is 1.17 bits per heavy atom. The van der Waals surface area contributed by atoms with E-state index in [1.54, 1.807) is 0 Å². The zero-order valence-corrected chi connectivity index (χ0v) is 11.7. The number of allylic oxidation sites excluding steroid dienone is 4. The molecule has 0 aliphatic carbocycles. The van der Waals surface area contributed by atoms with Gasteiger partial charge in [-0.3, -0.25) is 4.99 Å². The van der Waals surface area contributed by atoms with Gasteiger partial charge in [-0.2, -0.15) is 0 Å². The number of rotatable bonds is 6. The van der Waals surface area contributed by atoms with Crippen LogP contribution < -0.4 is 0 Å². The van der Waals surface area contributed by atoms with Gasteiger partial charge in [-0.05, 0) is 51.3 Å². The van der Waals surface area contributed by atoms with Gasteiger partial charge < -0.3 is 0 Å². The van der Waals surface area contributed by atoms with Crippen LogP contribution in [0.4, 0.5) is 5.69 Å². The molecular formula is C17H23N. The van der Waals surface area contributed by atoms with Gasteiger partial charge in [0.05, 0.1) is 5.69 Å². The van der Waals surface area contributed by atoms with Gasteiger partial charge in [-0.25, -0.2) is 0 Å². The highest BCUT2D eigenvalue weighted by molar-refractivity contribution is 5.75. The third-order valence-electron chi connectivity index (χ3n) is 2.76. The molecule has 0 atom stereocenters. The van der Waals surface area contributed by atoms with Gasteiger partial charge in [0, 0.05) is 6.21 Å². The molecule has 0 amide bonds. The van der Waals surface area contributed by atoms with E-state index in [2.05, 4.69) is 37.9 Å². The number of nitrogens with zero attached hydrogens (tertiary/aromatic N) is 1. The first-order valence-electron chi connectivity index (χ1n) is 6.63. The monoisotopic (exact) mass is 241 g/mol. The van der Waals surface area contributed by atoms with Crippen LogP contribution in [-0.2, 0) is 0 Å². The van der Waals surface area contributed by atoms with Crippen LogP contribution in [0.2, 0.25) is 0 Å². The first kappa shape index (κ1) is 14.4. The smallest absolute Gasteiger partial charge is 0.0629 e. The molecule has 0 unspecified atom stereocenters. The molecular weight excluding hydrogens is 218 g/mol. The molecule has 0 N–H and O–H groups in total. The third kappa shape index (κ3) is 6.19. The summed E-state index contributed by atoms with van der Waals surface area (Å²) in [6, 6.07) is 10.0. The van der Waals surface area contributed by atoms with Crippen LogP contribution in [0.25, 0.3) is 0 Å². The van der Waals surface area contributed by atoms with Crippen LogP contribution in [0, 0.1) is 0 Å². The molecule has 0 saturated heterocycles. The molecule has 1 heteroatoms. The van der Waals surface area contributed by atoms with E-state index in [4.69, 9.17) is 0 Å². The van der Waals surface area contributed by atoms with E-state index in [0.29, 0.717) is 0 Å². The third-order valence-corrected chi connectivity index (χ3v) is 2.76. The van der Waals surface area contributed by atoms with Crippen molar-refractivity contribution in [3.05, 3.63) is 53.6 Å². The highest BCUT2D eigenvalue weighted by atomic mass is 14.7. The highest BCUT2D eigenvalue weighted by Crippen LogP contribution is 2.12. The molecule has 18 heavy (non-hydrogen) atoms. The predicted octanol–water partition coefficient (Wildman–Crippen LogP) is 5.47. The molecule has 0 fully saturated rings. The Morgan fingerprint density at radius 2 is 1.89 bits per heavy atom. The topological polar surface area (TPSA) is 12.4 Å². The fraction of sp³-hybridized carbons (Fsp3) is 0.353. The lowest BCUT2D eigenvalue weighted by Crippen LogP contribution is -1.82. The minimum atomic E-state index is 1.01. The SMILES string of the molecule is CC/C(=C\C=Nc1ccccc1)CCC=C(C)C. The fourth-order valence-electron chi connectivity index (χ4n) is 1.67. The lowest BCUT2D eigenvalue weighted by molar-refractivity contribution is 0.905. The van der Waals surface area contributed by atoms with Crippen molar-refractivity contribution in [2.75, 3.05) is 0 Å². The Hall–Kier alpha value is -1.63. The summed E-state index contributed by atoms with van der Waals surface area (Å²) in [5.74, 6) is 0. The Balaban J connectivity index is 2.52. The van der Waals surface area contributed by atoms with Crippen molar-refractivity contribution in [1.29, 1.82) is 0 Å². The number of hydrogen-bond donors (Lipinski definition) is 0. The molecule has 96 valence electrons. The molecule has 1 aromatic rings. The molecule has 1 rings (SSSR count). The second kappa shape index (κ2) is 8.46. The molecule has 0 aliphatic rings. The van der Waals surface area contributed by atoms with Gasteiger partial charge in [0.25, 0.3) is 0 Å². The zero-order valence-electron chi connectivity index (χ0n) is 11.7. The molecule has 0 radical (unpaired) electrons. The lowest BCUT2D eigenvalue weighted by Gasteiger charge is -2.00. The molecule has 0 aromatic heterocycles. The minimum Gasteiger partial charge on any atom is -0.257 e. The lowest BCUT2D eigenvalue weighted by atomic mass is 10.1. The van der Waals surface area contributed by atoms with Crippen molar-refractivity contribution in [2.24, 2.45) is 4.99 Å². The van der Waals surface area contributed by atoms with Gasteiger partial charge in [0.2, 0.25) is 0 Å². The van der Waals surface area contributed by atoms with E-state index in [-0.39, 0.29) is 0 Å². The van der Waals surface area contributed by atoms with Crippen LogP contribution in [0.1, 0.15) is 40.0 Å². The van der Waals surface area contributed by atoms with Crippen LogP contribution in [0.5, 0.6) is 0 Å².